The Labute approximate surface area is 80.4 Å². The van der Waals surface area contributed by atoms with E-state index in [1.807, 2.05) is 5.57 Å². The molecule has 0 aromatic carbocycles. The molecule has 0 heterocycles. The fraction of sp³-hybridized carbons (Fsp3) is 0.846. The molecule has 0 aromatic rings. The highest BCUT2D eigenvalue weighted by molar-refractivity contribution is 5.34. The third-order valence-corrected chi connectivity index (χ3v) is 5.36. The van der Waals surface area contributed by atoms with E-state index in [1.54, 1.807) is 19.3 Å². The van der Waals surface area contributed by atoms with Gasteiger partial charge in [-0.3, -0.25) is 0 Å². The smallest absolute Gasteiger partial charge is 0.00500 e. The van der Waals surface area contributed by atoms with Crippen molar-refractivity contribution in [2.45, 2.75) is 44.9 Å². The summed E-state index contributed by atoms with van der Waals surface area (Å²) in [4.78, 5) is 0. The SMILES string of the molecule is C1=C2CCCC[C@@H]2[C@H]2CC[C@@H]3C[C@@]132. The van der Waals surface area contributed by atoms with Crippen LogP contribution in [-0.2, 0) is 0 Å². The maximum Gasteiger partial charge on any atom is -0.00500 e. The topological polar surface area (TPSA) is 0 Å². The molecule has 0 radical (unpaired) electrons. The minimum atomic E-state index is 0.796. The van der Waals surface area contributed by atoms with Gasteiger partial charge in [-0.25, -0.2) is 0 Å². The van der Waals surface area contributed by atoms with Crippen LogP contribution in [0.25, 0.3) is 0 Å². The molecule has 4 rings (SSSR count). The minimum absolute atomic E-state index is 0.796. The molecular weight excluding hydrogens is 156 g/mol. The fourth-order valence-electron chi connectivity index (χ4n) is 4.75. The molecule has 13 heavy (non-hydrogen) atoms. The molecule has 3 fully saturated rings. The van der Waals surface area contributed by atoms with Crippen molar-refractivity contribution in [1.82, 2.24) is 0 Å². The Morgan fingerprint density at radius 3 is 3.08 bits per heavy atom. The summed E-state index contributed by atoms with van der Waals surface area (Å²) < 4.78 is 0. The van der Waals surface area contributed by atoms with Crippen molar-refractivity contribution in [3.63, 3.8) is 0 Å². The Bertz CT molecular complexity index is 288. The highest BCUT2D eigenvalue weighted by atomic mass is 14.7. The van der Waals surface area contributed by atoms with E-state index in [1.165, 1.54) is 25.7 Å². The van der Waals surface area contributed by atoms with Crippen LogP contribution in [-0.4, -0.2) is 0 Å². The molecule has 0 nitrogen and oxygen atoms in total. The molecule has 0 unspecified atom stereocenters. The summed E-state index contributed by atoms with van der Waals surface area (Å²) in [6.45, 7) is 0. The molecule has 4 aliphatic carbocycles. The molecule has 4 aliphatic rings. The molecule has 3 saturated carbocycles. The second kappa shape index (κ2) is 2.04. The quantitative estimate of drug-likeness (QED) is 0.493. The van der Waals surface area contributed by atoms with Crippen molar-refractivity contribution in [3.8, 4) is 0 Å². The lowest BCUT2D eigenvalue weighted by molar-refractivity contribution is 0.287. The van der Waals surface area contributed by atoms with Crippen LogP contribution in [0.5, 0.6) is 0 Å². The van der Waals surface area contributed by atoms with Gasteiger partial charge in [0.1, 0.15) is 0 Å². The summed E-state index contributed by atoms with van der Waals surface area (Å²) in [6, 6.07) is 0. The molecule has 4 atom stereocenters. The van der Waals surface area contributed by atoms with Crippen LogP contribution in [0.2, 0.25) is 0 Å². The van der Waals surface area contributed by atoms with Gasteiger partial charge in [-0.05, 0) is 61.7 Å². The van der Waals surface area contributed by atoms with Gasteiger partial charge in [0.05, 0.1) is 0 Å². The van der Waals surface area contributed by atoms with Gasteiger partial charge in [0, 0.05) is 0 Å². The molecule has 1 spiro atoms. The van der Waals surface area contributed by atoms with E-state index in [0.717, 1.165) is 23.2 Å². The van der Waals surface area contributed by atoms with Gasteiger partial charge in [0.15, 0.2) is 0 Å². The Balaban J connectivity index is 1.77. The van der Waals surface area contributed by atoms with Gasteiger partial charge in [-0.2, -0.15) is 0 Å². The predicted octanol–water partition coefficient (Wildman–Crippen LogP) is 3.53. The van der Waals surface area contributed by atoms with Crippen molar-refractivity contribution < 1.29 is 0 Å². The van der Waals surface area contributed by atoms with Crippen molar-refractivity contribution >= 4 is 0 Å². The van der Waals surface area contributed by atoms with Crippen molar-refractivity contribution in [1.29, 1.82) is 0 Å². The Morgan fingerprint density at radius 2 is 2.15 bits per heavy atom. The van der Waals surface area contributed by atoms with Crippen LogP contribution in [0.1, 0.15) is 44.9 Å². The van der Waals surface area contributed by atoms with Crippen LogP contribution in [0, 0.1) is 23.2 Å². The third kappa shape index (κ3) is 0.705. The maximum absolute atomic E-state index is 2.75. The molecule has 0 aliphatic heterocycles. The first-order valence-corrected chi connectivity index (χ1v) is 6.12. The largest absolute Gasteiger partial charge is 0.0782 e. The van der Waals surface area contributed by atoms with Crippen LogP contribution >= 0.6 is 0 Å². The molecule has 0 heteroatoms. The van der Waals surface area contributed by atoms with E-state index in [9.17, 15) is 0 Å². The number of fused-ring (bicyclic) bond motifs is 2. The highest BCUT2D eigenvalue weighted by Crippen LogP contribution is 2.74. The van der Waals surface area contributed by atoms with Crippen LogP contribution in [0.15, 0.2) is 11.6 Å². The number of hydrogen-bond acceptors (Lipinski definition) is 0. The number of rotatable bonds is 0. The van der Waals surface area contributed by atoms with Gasteiger partial charge >= 0.3 is 0 Å². The standard InChI is InChI=1S/C13H18/c1-2-4-11-9(3-1)7-13-8-10(13)5-6-12(11)13/h7,10-12H,1-6,8H2/t10-,11+,12-,13+/m1/s1. The minimum Gasteiger partial charge on any atom is -0.0782 e. The zero-order valence-corrected chi connectivity index (χ0v) is 8.26. The van der Waals surface area contributed by atoms with Crippen molar-refractivity contribution in [2.75, 3.05) is 0 Å². The molecule has 0 bridgehead atoms. The Kier molecular flexibility index (Phi) is 1.11. The van der Waals surface area contributed by atoms with Gasteiger partial charge in [-0.15, -0.1) is 0 Å². The van der Waals surface area contributed by atoms with Gasteiger partial charge in [0.25, 0.3) is 0 Å². The van der Waals surface area contributed by atoms with E-state index in [0.29, 0.717) is 0 Å². The monoisotopic (exact) mass is 174 g/mol. The summed E-state index contributed by atoms with van der Waals surface area (Å²) in [5.41, 5.74) is 2.68. The summed E-state index contributed by atoms with van der Waals surface area (Å²) in [5, 5.41) is 0. The molecular formula is C13H18. The Hall–Kier alpha value is -0.260. The molecule has 70 valence electrons. The fourth-order valence-corrected chi connectivity index (χ4v) is 4.75. The summed E-state index contributed by atoms with van der Waals surface area (Å²) in [5.74, 6) is 3.31. The van der Waals surface area contributed by atoms with E-state index in [-0.39, 0.29) is 0 Å². The summed E-state index contributed by atoms with van der Waals surface area (Å²) in [6.07, 6.45) is 13.4. The van der Waals surface area contributed by atoms with Gasteiger partial charge < -0.3 is 0 Å². The second-order valence-corrected chi connectivity index (χ2v) is 5.77. The van der Waals surface area contributed by atoms with Crippen LogP contribution < -0.4 is 0 Å². The molecule has 0 aromatic heterocycles. The maximum atomic E-state index is 2.75. The third-order valence-electron chi connectivity index (χ3n) is 5.36. The normalized spacial score (nSPS) is 56.6. The zero-order valence-electron chi connectivity index (χ0n) is 8.26. The molecule has 0 amide bonds. The van der Waals surface area contributed by atoms with Gasteiger partial charge in [-0.1, -0.05) is 18.1 Å². The van der Waals surface area contributed by atoms with E-state index in [4.69, 9.17) is 0 Å². The lowest BCUT2D eigenvalue weighted by atomic mass is 9.78. The first-order chi connectivity index (χ1) is 6.40. The van der Waals surface area contributed by atoms with Crippen molar-refractivity contribution in [2.24, 2.45) is 23.2 Å². The van der Waals surface area contributed by atoms with Crippen LogP contribution in [0.4, 0.5) is 0 Å². The Morgan fingerprint density at radius 1 is 1.15 bits per heavy atom. The van der Waals surface area contributed by atoms with Crippen molar-refractivity contribution in [3.05, 3.63) is 11.6 Å². The lowest BCUT2D eigenvalue weighted by Gasteiger charge is -2.27. The first kappa shape index (κ1) is 7.09. The van der Waals surface area contributed by atoms with E-state index >= 15 is 0 Å². The van der Waals surface area contributed by atoms with Crippen LogP contribution in [0.3, 0.4) is 0 Å². The van der Waals surface area contributed by atoms with E-state index in [2.05, 4.69) is 6.08 Å². The predicted molar refractivity (Wildman–Crippen MR) is 53.3 cm³/mol. The number of allylic oxidation sites excluding steroid dienone is 2. The van der Waals surface area contributed by atoms with E-state index < -0.39 is 0 Å². The molecule has 0 saturated heterocycles. The lowest BCUT2D eigenvalue weighted by Crippen LogP contribution is -2.18. The summed E-state index contributed by atoms with van der Waals surface area (Å²) in [7, 11) is 0. The van der Waals surface area contributed by atoms with Gasteiger partial charge in [0.2, 0.25) is 0 Å². The zero-order chi connectivity index (χ0) is 8.47. The first-order valence-electron chi connectivity index (χ1n) is 6.12. The summed E-state index contributed by atoms with van der Waals surface area (Å²) >= 11 is 0. The number of hydrogen-bond donors (Lipinski definition) is 0. The second-order valence-electron chi connectivity index (χ2n) is 5.77. The average molecular weight is 174 g/mol. The average Bonchev–Trinajstić information content (AvgIpc) is 2.60. The molecule has 0 N–H and O–H groups in total. The highest BCUT2D eigenvalue weighted by Gasteiger charge is 2.65.